The fourth-order valence-corrected chi connectivity index (χ4v) is 5.58. The molecule has 1 fully saturated rings. The summed E-state index contributed by atoms with van der Waals surface area (Å²) in [7, 11) is 0. The van der Waals surface area contributed by atoms with Gasteiger partial charge in [0.05, 0.1) is 25.2 Å². The predicted octanol–water partition coefficient (Wildman–Crippen LogP) is 6.83. The van der Waals surface area contributed by atoms with Crippen molar-refractivity contribution in [1.82, 2.24) is 5.32 Å². The lowest BCUT2D eigenvalue weighted by atomic mass is 9.80. The number of benzene rings is 2. The summed E-state index contributed by atoms with van der Waals surface area (Å²) >= 11 is 0. The highest BCUT2D eigenvalue weighted by molar-refractivity contribution is 5.81. The summed E-state index contributed by atoms with van der Waals surface area (Å²) in [6.45, 7) is 6.70. The molecule has 0 aliphatic heterocycles. The third-order valence-electron chi connectivity index (χ3n) is 8.01. The van der Waals surface area contributed by atoms with E-state index in [1.807, 2.05) is 61.5 Å². The summed E-state index contributed by atoms with van der Waals surface area (Å²) in [5, 5.41) is 14.5. The Morgan fingerprint density at radius 2 is 1.67 bits per heavy atom. The normalized spacial score (nSPS) is 16.4. The van der Waals surface area contributed by atoms with Gasteiger partial charge in [0.25, 0.3) is 0 Å². The number of rotatable bonds is 16. The lowest BCUT2D eigenvalue weighted by Crippen LogP contribution is -2.46. The molecule has 0 bridgehead atoms. The number of hydrogen-bond donors (Lipinski definition) is 2. The van der Waals surface area contributed by atoms with Crippen LogP contribution in [0.1, 0.15) is 89.2 Å². The van der Waals surface area contributed by atoms with Crippen LogP contribution in [0.25, 0.3) is 0 Å². The van der Waals surface area contributed by atoms with Gasteiger partial charge in [-0.25, -0.2) is 0 Å². The topological polar surface area (TPSA) is 75.6 Å². The van der Waals surface area contributed by atoms with E-state index in [0.717, 1.165) is 55.4 Å². The first-order valence-corrected chi connectivity index (χ1v) is 15.0. The lowest BCUT2D eigenvalue weighted by molar-refractivity contribution is -0.126. The summed E-state index contributed by atoms with van der Waals surface area (Å²) < 4.78 is 5.75. The van der Waals surface area contributed by atoms with Crippen LogP contribution in [0.5, 0.6) is 5.75 Å². The number of ether oxygens (including phenoxy) is 1. The monoisotopic (exact) mass is 535 g/mol. The standard InChI is InChI=1S/C34H49NO4/c1-25(2)14-17-28(23-32(36)29-12-8-5-9-13-29)24-33(37)31(22-27-10-6-4-7-11-27)35-34(38)20-21-39-30-18-15-26(3)16-19-30/h4,6-7,10-11,15-16,18-19,25,28-29,31,33,37H,5,8-9,12-14,17,20-24H2,1-3H3,(H,35,38)/t28-,31+,33+/m1/s1. The van der Waals surface area contributed by atoms with E-state index in [4.69, 9.17) is 4.74 Å². The smallest absolute Gasteiger partial charge is 0.223 e. The predicted molar refractivity (Wildman–Crippen MR) is 158 cm³/mol. The van der Waals surface area contributed by atoms with Crippen LogP contribution >= 0.6 is 0 Å². The molecule has 2 N–H and O–H groups in total. The quantitative estimate of drug-likeness (QED) is 0.247. The Morgan fingerprint density at radius 3 is 2.33 bits per heavy atom. The minimum Gasteiger partial charge on any atom is -0.493 e. The number of amides is 1. The summed E-state index contributed by atoms with van der Waals surface area (Å²) in [4.78, 5) is 26.1. The molecule has 214 valence electrons. The number of aliphatic hydroxyl groups is 1. The molecular formula is C34H49NO4. The molecule has 5 nitrogen and oxygen atoms in total. The molecule has 0 saturated heterocycles. The SMILES string of the molecule is Cc1ccc(OCCC(=O)N[C@@H](Cc2ccccc2)[C@@H](O)C[C@H](CCC(C)C)CC(=O)C2CCCCC2)cc1. The number of nitrogens with one attached hydrogen (secondary N) is 1. The Balaban J connectivity index is 1.62. The third-order valence-corrected chi connectivity index (χ3v) is 8.01. The second-order valence-corrected chi connectivity index (χ2v) is 11.9. The molecule has 0 heterocycles. The van der Waals surface area contributed by atoms with Gasteiger partial charge in [0.1, 0.15) is 11.5 Å². The van der Waals surface area contributed by atoms with Crippen LogP contribution in [0.3, 0.4) is 0 Å². The first kappa shape index (κ1) is 30.9. The molecule has 3 atom stereocenters. The largest absolute Gasteiger partial charge is 0.493 e. The lowest BCUT2D eigenvalue weighted by Gasteiger charge is -2.29. The maximum atomic E-state index is 13.2. The van der Waals surface area contributed by atoms with Crippen molar-refractivity contribution in [3.8, 4) is 5.75 Å². The molecule has 1 aliphatic carbocycles. The van der Waals surface area contributed by atoms with Crippen LogP contribution < -0.4 is 10.1 Å². The maximum absolute atomic E-state index is 13.2. The molecule has 0 aromatic heterocycles. The van der Waals surface area contributed by atoms with Crippen molar-refractivity contribution in [3.63, 3.8) is 0 Å². The third kappa shape index (κ3) is 11.5. The Bertz CT molecular complexity index is 982. The van der Waals surface area contributed by atoms with Crippen LogP contribution in [0.2, 0.25) is 0 Å². The van der Waals surface area contributed by atoms with E-state index in [0.29, 0.717) is 31.0 Å². The highest BCUT2D eigenvalue weighted by Gasteiger charge is 2.29. The van der Waals surface area contributed by atoms with E-state index in [2.05, 4.69) is 19.2 Å². The van der Waals surface area contributed by atoms with Gasteiger partial charge < -0.3 is 15.2 Å². The molecular weight excluding hydrogens is 486 g/mol. The average molecular weight is 536 g/mol. The van der Waals surface area contributed by atoms with Gasteiger partial charge in [-0.1, -0.05) is 87.6 Å². The van der Waals surface area contributed by atoms with Gasteiger partial charge in [0, 0.05) is 12.3 Å². The molecule has 3 rings (SSSR count). The Morgan fingerprint density at radius 1 is 0.974 bits per heavy atom. The van der Waals surface area contributed by atoms with E-state index in [1.54, 1.807) is 0 Å². The van der Waals surface area contributed by atoms with Crippen molar-refractivity contribution in [1.29, 1.82) is 0 Å². The molecule has 0 radical (unpaired) electrons. The van der Waals surface area contributed by atoms with Crippen molar-refractivity contribution in [3.05, 3.63) is 65.7 Å². The fraction of sp³-hybridized carbons (Fsp3) is 0.588. The number of carbonyl (C=O) groups excluding carboxylic acids is 2. The van der Waals surface area contributed by atoms with Crippen LogP contribution in [-0.4, -0.2) is 35.5 Å². The highest BCUT2D eigenvalue weighted by Crippen LogP contribution is 2.30. The Labute approximate surface area is 235 Å². The van der Waals surface area contributed by atoms with Crippen LogP contribution in [0.15, 0.2) is 54.6 Å². The average Bonchev–Trinajstić information content (AvgIpc) is 2.93. The van der Waals surface area contributed by atoms with Crippen molar-refractivity contribution in [2.45, 2.75) is 104 Å². The van der Waals surface area contributed by atoms with Gasteiger partial charge in [0.15, 0.2) is 0 Å². The van der Waals surface area contributed by atoms with Crippen molar-refractivity contribution >= 4 is 11.7 Å². The van der Waals surface area contributed by atoms with E-state index < -0.39 is 12.1 Å². The summed E-state index contributed by atoms with van der Waals surface area (Å²) in [6, 6.07) is 17.3. The fourth-order valence-electron chi connectivity index (χ4n) is 5.58. The molecule has 1 aliphatic rings. The molecule has 1 amide bonds. The second-order valence-electron chi connectivity index (χ2n) is 11.9. The summed E-state index contributed by atoms with van der Waals surface area (Å²) in [6.07, 6.45) is 8.56. The van der Waals surface area contributed by atoms with Gasteiger partial charge in [-0.15, -0.1) is 0 Å². The first-order valence-electron chi connectivity index (χ1n) is 15.0. The Hall–Kier alpha value is -2.66. The number of carbonyl (C=O) groups is 2. The van der Waals surface area contributed by atoms with Gasteiger partial charge in [-0.05, 0) is 68.6 Å². The van der Waals surface area contributed by atoms with Crippen LogP contribution in [-0.2, 0) is 16.0 Å². The van der Waals surface area contributed by atoms with E-state index >= 15 is 0 Å². The maximum Gasteiger partial charge on any atom is 0.223 e. The molecule has 5 heteroatoms. The Kier molecular flexibility index (Phi) is 13.0. The minimum atomic E-state index is -0.733. The molecule has 2 aromatic rings. The van der Waals surface area contributed by atoms with Crippen molar-refractivity contribution < 1.29 is 19.4 Å². The zero-order valence-corrected chi connectivity index (χ0v) is 24.2. The number of ketones is 1. The van der Waals surface area contributed by atoms with E-state index in [9.17, 15) is 14.7 Å². The van der Waals surface area contributed by atoms with Crippen molar-refractivity contribution in [2.75, 3.05) is 6.61 Å². The molecule has 2 aromatic carbocycles. The molecule has 39 heavy (non-hydrogen) atoms. The number of Topliss-reactive ketones (excluding diaryl/α,β-unsaturated/α-hetero) is 1. The number of aryl methyl sites for hydroxylation is 1. The molecule has 1 saturated carbocycles. The van der Waals surface area contributed by atoms with Crippen LogP contribution in [0, 0.1) is 24.7 Å². The van der Waals surface area contributed by atoms with Gasteiger partial charge in [-0.3, -0.25) is 9.59 Å². The highest BCUT2D eigenvalue weighted by atomic mass is 16.5. The summed E-state index contributed by atoms with van der Waals surface area (Å²) in [5.74, 6) is 1.82. The van der Waals surface area contributed by atoms with Gasteiger partial charge in [-0.2, -0.15) is 0 Å². The number of aliphatic hydroxyl groups excluding tert-OH is 1. The zero-order chi connectivity index (χ0) is 28.0. The van der Waals surface area contributed by atoms with E-state index in [1.165, 1.54) is 6.42 Å². The number of hydrogen-bond acceptors (Lipinski definition) is 4. The van der Waals surface area contributed by atoms with Gasteiger partial charge in [0.2, 0.25) is 5.91 Å². The molecule has 0 unspecified atom stereocenters. The minimum absolute atomic E-state index is 0.122. The zero-order valence-electron chi connectivity index (χ0n) is 24.2. The summed E-state index contributed by atoms with van der Waals surface area (Å²) in [5.41, 5.74) is 2.22. The first-order chi connectivity index (χ1) is 18.8. The van der Waals surface area contributed by atoms with Crippen molar-refractivity contribution in [2.24, 2.45) is 17.8 Å². The molecule has 0 spiro atoms. The second kappa shape index (κ2) is 16.4. The van der Waals surface area contributed by atoms with Gasteiger partial charge >= 0.3 is 0 Å². The van der Waals surface area contributed by atoms with Crippen LogP contribution in [0.4, 0.5) is 0 Å². The van der Waals surface area contributed by atoms with E-state index in [-0.39, 0.29) is 30.8 Å².